The summed E-state index contributed by atoms with van der Waals surface area (Å²) in [5.74, 6) is 1.09. The predicted octanol–water partition coefficient (Wildman–Crippen LogP) is 3.15. The van der Waals surface area contributed by atoms with Gasteiger partial charge in [-0.15, -0.1) is 24.0 Å². The molecule has 0 aliphatic carbocycles. The van der Waals surface area contributed by atoms with Crippen molar-refractivity contribution in [2.75, 3.05) is 20.2 Å². The number of aromatic nitrogens is 1. The third-order valence-electron chi connectivity index (χ3n) is 3.40. The zero-order chi connectivity index (χ0) is 17.2. The van der Waals surface area contributed by atoms with Gasteiger partial charge in [-0.3, -0.25) is 4.99 Å². The molecule has 2 N–H and O–H groups in total. The topological polar surface area (TPSA) is 58.5 Å². The molecule has 2 aromatic rings. The highest BCUT2D eigenvalue weighted by Crippen LogP contribution is 2.13. The van der Waals surface area contributed by atoms with Crippen molar-refractivity contribution in [3.8, 4) is 5.88 Å². The van der Waals surface area contributed by atoms with Gasteiger partial charge in [-0.1, -0.05) is 18.2 Å². The molecule has 25 heavy (non-hydrogen) atoms. The summed E-state index contributed by atoms with van der Waals surface area (Å²) in [6.07, 6.45) is 2.43. The number of halogens is 2. The highest BCUT2D eigenvalue weighted by atomic mass is 127. The standard InChI is InChI=1S/C18H23FN4O.HI/c1-3-24-17-15(7-5-10-21-17)13-23-18(20-2)22-11-9-14-6-4-8-16(19)12-14;/h4-8,10,12H,3,9,11,13H2,1-2H3,(H2,20,22,23);1H. The molecule has 0 unspecified atom stereocenters. The van der Waals surface area contributed by atoms with E-state index in [2.05, 4.69) is 20.6 Å². The van der Waals surface area contributed by atoms with E-state index in [0.29, 0.717) is 31.5 Å². The molecule has 7 heteroatoms. The van der Waals surface area contributed by atoms with E-state index in [-0.39, 0.29) is 29.8 Å². The Morgan fingerprint density at radius 1 is 1.24 bits per heavy atom. The molecule has 0 bridgehead atoms. The van der Waals surface area contributed by atoms with E-state index in [1.54, 1.807) is 25.4 Å². The first-order valence-corrected chi connectivity index (χ1v) is 7.98. The second-order valence-corrected chi connectivity index (χ2v) is 5.13. The number of ether oxygens (including phenoxy) is 1. The number of rotatable bonds is 7. The van der Waals surface area contributed by atoms with E-state index >= 15 is 0 Å². The second-order valence-electron chi connectivity index (χ2n) is 5.13. The molecule has 0 radical (unpaired) electrons. The number of benzene rings is 1. The average molecular weight is 458 g/mol. The molecule has 1 aromatic carbocycles. The van der Waals surface area contributed by atoms with Gasteiger partial charge < -0.3 is 15.4 Å². The Morgan fingerprint density at radius 2 is 2.08 bits per heavy atom. The Bertz CT molecular complexity index is 682. The van der Waals surface area contributed by atoms with Gasteiger partial charge in [-0.25, -0.2) is 9.37 Å². The van der Waals surface area contributed by atoms with Crippen LogP contribution in [0.2, 0.25) is 0 Å². The fraction of sp³-hybridized carbons (Fsp3) is 0.333. The second kappa shape index (κ2) is 11.6. The molecule has 2 rings (SSSR count). The minimum absolute atomic E-state index is 0. The van der Waals surface area contributed by atoms with Crippen molar-refractivity contribution in [3.05, 3.63) is 59.5 Å². The summed E-state index contributed by atoms with van der Waals surface area (Å²) in [6.45, 7) is 3.72. The minimum Gasteiger partial charge on any atom is -0.478 e. The Morgan fingerprint density at radius 3 is 2.80 bits per heavy atom. The van der Waals surface area contributed by atoms with Crippen LogP contribution >= 0.6 is 24.0 Å². The van der Waals surface area contributed by atoms with Crippen LogP contribution in [-0.2, 0) is 13.0 Å². The van der Waals surface area contributed by atoms with Gasteiger partial charge in [-0.05, 0) is 37.1 Å². The third kappa shape index (κ3) is 7.25. The number of aliphatic imine (C=N–C) groups is 1. The summed E-state index contributed by atoms with van der Waals surface area (Å²) in [5, 5.41) is 6.44. The molecule has 0 fully saturated rings. The van der Waals surface area contributed by atoms with Crippen molar-refractivity contribution >= 4 is 29.9 Å². The molecule has 136 valence electrons. The fourth-order valence-electron chi connectivity index (χ4n) is 2.24. The molecule has 1 heterocycles. The monoisotopic (exact) mass is 458 g/mol. The SMILES string of the molecule is CCOc1ncccc1CNC(=NC)NCCc1cccc(F)c1.I. The molecule has 0 saturated carbocycles. The van der Waals surface area contributed by atoms with Crippen molar-refractivity contribution in [3.63, 3.8) is 0 Å². The normalized spacial score (nSPS) is 10.8. The van der Waals surface area contributed by atoms with Gasteiger partial charge in [0.05, 0.1) is 6.61 Å². The Labute approximate surface area is 165 Å². The number of nitrogens with zero attached hydrogens (tertiary/aromatic N) is 2. The quantitative estimate of drug-likeness (QED) is 0.381. The smallest absolute Gasteiger partial charge is 0.218 e. The van der Waals surface area contributed by atoms with Gasteiger partial charge in [0.2, 0.25) is 5.88 Å². The van der Waals surface area contributed by atoms with Crippen LogP contribution in [0.3, 0.4) is 0 Å². The zero-order valence-corrected chi connectivity index (χ0v) is 16.8. The lowest BCUT2D eigenvalue weighted by molar-refractivity contribution is 0.322. The van der Waals surface area contributed by atoms with Crippen LogP contribution < -0.4 is 15.4 Å². The summed E-state index contributed by atoms with van der Waals surface area (Å²) < 4.78 is 18.7. The lowest BCUT2D eigenvalue weighted by Crippen LogP contribution is -2.38. The first kappa shape index (κ1) is 21.1. The third-order valence-corrected chi connectivity index (χ3v) is 3.40. The molecular weight excluding hydrogens is 434 g/mol. The minimum atomic E-state index is -0.213. The van der Waals surface area contributed by atoms with E-state index < -0.39 is 0 Å². The maximum atomic E-state index is 13.2. The molecule has 5 nitrogen and oxygen atoms in total. The summed E-state index contributed by atoms with van der Waals surface area (Å²) >= 11 is 0. The van der Waals surface area contributed by atoms with Crippen molar-refractivity contribution in [2.45, 2.75) is 19.9 Å². The highest BCUT2D eigenvalue weighted by Gasteiger charge is 2.05. The van der Waals surface area contributed by atoms with Gasteiger partial charge in [-0.2, -0.15) is 0 Å². The van der Waals surface area contributed by atoms with Crippen molar-refractivity contribution in [1.29, 1.82) is 0 Å². The maximum absolute atomic E-state index is 13.2. The first-order chi connectivity index (χ1) is 11.7. The fourth-order valence-corrected chi connectivity index (χ4v) is 2.24. The molecule has 0 aliphatic heterocycles. The van der Waals surface area contributed by atoms with Crippen molar-refractivity contribution < 1.29 is 9.13 Å². The van der Waals surface area contributed by atoms with E-state index in [9.17, 15) is 4.39 Å². The van der Waals surface area contributed by atoms with Gasteiger partial charge in [0.15, 0.2) is 5.96 Å². The largest absolute Gasteiger partial charge is 0.478 e. The average Bonchev–Trinajstić information content (AvgIpc) is 2.59. The Hall–Kier alpha value is -1.90. The summed E-state index contributed by atoms with van der Waals surface area (Å²) in [7, 11) is 1.71. The Kier molecular flexibility index (Phi) is 9.83. The van der Waals surface area contributed by atoms with Gasteiger partial charge in [0, 0.05) is 31.9 Å². The lowest BCUT2D eigenvalue weighted by Gasteiger charge is -2.13. The predicted molar refractivity (Wildman–Crippen MR) is 109 cm³/mol. The van der Waals surface area contributed by atoms with Crippen LogP contribution in [0.1, 0.15) is 18.1 Å². The first-order valence-electron chi connectivity index (χ1n) is 7.98. The number of pyridine rings is 1. The molecule has 0 amide bonds. The number of hydrogen-bond donors (Lipinski definition) is 2. The maximum Gasteiger partial charge on any atom is 0.218 e. The molecular formula is C18H24FIN4O. The van der Waals surface area contributed by atoms with Crippen LogP contribution in [0.25, 0.3) is 0 Å². The number of guanidine groups is 1. The molecule has 0 saturated heterocycles. The van der Waals surface area contributed by atoms with Crippen LogP contribution in [0.15, 0.2) is 47.6 Å². The molecule has 0 aliphatic rings. The zero-order valence-electron chi connectivity index (χ0n) is 14.5. The number of nitrogens with one attached hydrogen (secondary N) is 2. The van der Waals surface area contributed by atoms with E-state index in [0.717, 1.165) is 17.5 Å². The van der Waals surface area contributed by atoms with Gasteiger partial charge in [0.1, 0.15) is 5.82 Å². The van der Waals surface area contributed by atoms with Crippen molar-refractivity contribution in [1.82, 2.24) is 15.6 Å². The van der Waals surface area contributed by atoms with Crippen molar-refractivity contribution in [2.24, 2.45) is 4.99 Å². The summed E-state index contributed by atoms with van der Waals surface area (Å²) in [4.78, 5) is 8.41. The van der Waals surface area contributed by atoms with Crippen LogP contribution in [0, 0.1) is 5.82 Å². The number of hydrogen-bond acceptors (Lipinski definition) is 3. The summed E-state index contributed by atoms with van der Waals surface area (Å²) in [6, 6.07) is 10.5. The summed E-state index contributed by atoms with van der Waals surface area (Å²) in [5.41, 5.74) is 1.91. The van der Waals surface area contributed by atoms with E-state index in [1.165, 1.54) is 6.07 Å². The van der Waals surface area contributed by atoms with E-state index in [4.69, 9.17) is 4.74 Å². The molecule has 0 atom stereocenters. The van der Waals surface area contributed by atoms with Gasteiger partial charge >= 0.3 is 0 Å². The lowest BCUT2D eigenvalue weighted by atomic mass is 10.1. The molecule has 1 aromatic heterocycles. The Balaban J connectivity index is 0.00000312. The van der Waals surface area contributed by atoms with Crippen LogP contribution in [0.5, 0.6) is 5.88 Å². The van der Waals surface area contributed by atoms with Crippen LogP contribution in [-0.4, -0.2) is 31.1 Å². The van der Waals surface area contributed by atoms with Gasteiger partial charge in [0.25, 0.3) is 0 Å². The van der Waals surface area contributed by atoms with Crippen LogP contribution in [0.4, 0.5) is 4.39 Å². The van der Waals surface area contributed by atoms with E-state index in [1.807, 2.05) is 25.1 Å². The molecule has 0 spiro atoms. The highest BCUT2D eigenvalue weighted by molar-refractivity contribution is 14.0.